The van der Waals surface area contributed by atoms with E-state index < -0.39 is 5.97 Å². The molecule has 1 N–H and O–H groups in total. The SMILES string of the molecule is COC(=O)c1cc(CBr)cc(O)c1C#N. The van der Waals surface area contributed by atoms with Crippen LogP contribution >= 0.6 is 15.9 Å². The Bertz CT molecular complexity index is 437. The van der Waals surface area contributed by atoms with Gasteiger partial charge in [0.25, 0.3) is 0 Å². The molecule has 0 fully saturated rings. The van der Waals surface area contributed by atoms with Crippen LogP contribution in [0.25, 0.3) is 0 Å². The van der Waals surface area contributed by atoms with Crippen molar-refractivity contribution in [2.45, 2.75) is 5.33 Å². The lowest BCUT2D eigenvalue weighted by Gasteiger charge is -2.06. The van der Waals surface area contributed by atoms with Crippen LogP contribution in [0.4, 0.5) is 0 Å². The molecule has 1 aromatic rings. The average Bonchev–Trinajstić information content (AvgIpc) is 2.26. The zero-order chi connectivity index (χ0) is 11.4. The van der Waals surface area contributed by atoms with Crippen molar-refractivity contribution in [3.63, 3.8) is 0 Å². The summed E-state index contributed by atoms with van der Waals surface area (Å²) in [6.45, 7) is 0. The number of aromatic hydroxyl groups is 1. The lowest BCUT2D eigenvalue weighted by atomic mass is 10.0. The highest BCUT2D eigenvalue weighted by Crippen LogP contribution is 2.24. The van der Waals surface area contributed by atoms with Crippen LogP contribution in [0.5, 0.6) is 5.75 Å². The van der Waals surface area contributed by atoms with Gasteiger partial charge in [0, 0.05) is 5.33 Å². The molecule has 0 heterocycles. The summed E-state index contributed by atoms with van der Waals surface area (Å²) in [5.41, 5.74) is 0.716. The molecule has 5 heteroatoms. The Morgan fingerprint density at radius 3 is 2.80 bits per heavy atom. The molecular weight excluding hydrogens is 262 g/mol. The van der Waals surface area contributed by atoms with Gasteiger partial charge in [-0.3, -0.25) is 0 Å². The molecule has 0 unspecified atom stereocenters. The molecule has 0 saturated carbocycles. The maximum absolute atomic E-state index is 11.3. The number of nitriles is 1. The van der Waals surface area contributed by atoms with Gasteiger partial charge in [-0.2, -0.15) is 5.26 Å². The summed E-state index contributed by atoms with van der Waals surface area (Å²) in [7, 11) is 1.22. The molecule has 1 rings (SSSR count). The number of halogens is 1. The van der Waals surface area contributed by atoms with E-state index in [2.05, 4.69) is 20.7 Å². The quantitative estimate of drug-likeness (QED) is 0.658. The van der Waals surface area contributed by atoms with Crippen molar-refractivity contribution < 1.29 is 14.6 Å². The van der Waals surface area contributed by atoms with Gasteiger partial charge in [0.1, 0.15) is 17.4 Å². The molecule has 0 bridgehead atoms. The lowest BCUT2D eigenvalue weighted by Crippen LogP contribution is -2.05. The number of carbonyl (C=O) groups excluding carboxylic acids is 1. The summed E-state index contributed by atoms with van der Waals surface area (Å²) in [5, 5.41) is 18.8. The van der Waals surface area contributed by atoms with E-state index in [0.717, 1.165) is 0 Å². The molecular formula is C10H8BrNO3. The molecule has 0 aromatic heterocycles. The normalized spacial score (nSPS) is 9.40. The lowest BCUT2D eigenvalue weighted by molar-refractivity contribution is 0.0600. The van der Waals surface area contributed by atoms with Gasteiger partial charge in [-0.05, 0) is 17.7 Å². The molecule has 0 amide bonds. The Balaban J connectivity index is 3.40. The topological polar surface area (TPSA) is 70.3 Å². The minimum Gasteiger partial charge on any atom is -0.507 e. The third kappa shape index (κ3) is 2.28. The first kappa shape index (κ1) is 11.5. The highest BCUT2D eigenvalue weighted by molar-refractivity contribution is 9.08. The second kappa shape index (κ2) is 4.80. The van der Waals surface area contributed by atoms with Gasteiger partial charge in [0.2, 0.25) is 0 Å². The fraction of sp³-hybridized carbons (Fsp3) is 0.200. The van der Waals surface area contributed by atoms with Crippen molar-refractivity contribution >= 4 is 21.9 Å². The van der Waals surface area contributed by atoms with Crippen molar-refractivity contribution in [3.8, 4) is 11.8 Å². The Hall–Kier alpha value is -1.54. The second-order valence-corrected chi connectivity index (χ2v) is 3.34. The maximum Gasteiger partial charge on any atom is 0.339 e. The molecule has 0 spiro atoms. The monoisotopic (exact) mass is 269 g/mol. The van der Waals surface area contributed by atoms with Gasteiger partial charge >= 0.3 is 5.97 Å². The van der Waals surface area contributed by atoms with E-state index in [9.17, 15) is 9.90 Å². The van der Waals surface area contributed by atoms with Gasteiger partial charge in [-0.25, -0.2) is 4.79 Å². The van der Waals surface area contributed by atoms with Crippen molar-refractivity contribution in [2.24, 2.45) is 0 Å². The highest BCUT2D eigenvalue weighted by Gasteiger charge is 2.16. The minimum atomic E-state index is -0.635. The van der Waals surface area contributed by atoms with E-state index in [0.29, 0.717) is 10.9 Å². The number of ether oxygens (including phenoxy) is 1. The van der Waals surface area contributed by atoms with E-state index in [1.165, 1.54) is 19.2 Å². The Labute approximate surface area is 95.2 Å². The summed E-state index contributed by atoms with van der Waals surface area (Å²) in [6.07, 6.45) is 0. The summed E-state index contributed by atoms with van der Waals surface area (Å²) in [4.78, 5) is 11.3. The molecule has 0 aliphatic heterocycles. The molecule has 0 radical (unpaired) electrons. The second-order valence-electron chi connectivity index (χ2n) is 2.77. The molecule has 78 valence electrons. The average molecular weight is 270 g/mol. The standard InChI is InChI=1S/C10H8BrNO3/c1-15-10(14)7-2-6(4-11)3-9(13)8(7)5-12/h2-3,13H,4H2,1H3. The van der Waals surface area contributed by atoms with Crippen LogP contribution in [0.1, 0.15) is 21.5 Å². The van der Waals surface area contributed by atoms with E-state index in [-0.39, 0.29) is 16.9 Å². The molecule has 0 aliphatic rings. The highest BCUT2D eigenvalue weighted by atomic mass is 79.9. The van der Waals surface area contributed by atoms with Gasteiger partial charge in [-0.1, -0.05) is 15.9 Å². The molecule has 1 aromatic carbocycles. The van der Waals surface area contributed by atoms with Crippen LogP contribution in [0.2, 0.25) is 0 Å². The predicted octanol–water partition coefficient (Wildman–Crippen LogP) is 1.95. The number of carbonyl (C=O) groups is 1. The van der Waals surface area contributed by atoms with Crippen LogP contribution in [0.15, 0.2) is 12.1 Å². The first-order valence-electron chi connectivity index (χ1n) is 4.04. The van der Waals surface area contributed by atoms with Gasteiger partial charge < -0.3 is 9.84 Å². The van der Waals surface area contributed by atoms with Crippen LogP contribution in [-0.4, -0.2) is 18.2 Å². The smallest absolute Gasteiger partial charge is 0.339 e. The Morgan fingerprint density at radius 1 is 1.67 bits per heavy atom. The summed E-state index contributed by atoms with van der Waals surface area (Å²) >= 11 is 3.20. The fourth-order valence-electron chi connectivity index (χ4n) is 1.15. The zero-order valence-corrected chi connectivity index (χ0v) is 9.54. The number of alkyl halides is 1. The zero-order valence-electron chi connectivity index (χ0n) is 7.95. The third-order valence-corrected chi connectivity index (χ3v) is 2.50. The number of nitrogens with zero attached hydrogens (tertiary/aromatic N) is 1. The van der Waals surface area contributed by atoms with Gasteiger partial charge in [0.15, 0.2) is 0 Å². The van der Waals surface area contributed by atoms with E-state index in [4.69, 9.17) is 5.26 Å². The van der Waals surface area contributed by atoms with Crippen LogP contribution in [0, 0.1) is 11.3 Å². The van der Waals surface area contributed by atoms with Crippen molar-refractivity contribution in [1.29, 1.82) is 5.26 Å². The molecule has 0 saturated heterocycles. The number of esters is 1. The third-order valence-electron chi connectivity index (χ3n) is 1.85. The molecule has 4 nitrogen and oxygen atoms in total. The van der Waals surface area contributed by atoms with Gasteiger partial charge in [-0.15, -0.1) is 0 Å². The predicted molar refractivity (Wildman–Crippen MR) is 56.8 cm³/mol. The maximum atomic E-state index is 11.3. The molecule has 0 aliphatic carbocycles. The largest absolute Gasteiger partial charge is 0.507 e. The van der Waals surface area contributed by atoms with Crippen LogP contribution < -0.4 is 0 Å². The van der Waals surface area contributed by atoms with Gasteiger partial charge in [0.05, 0.1) is 12.7 Å². The van der Waals surface area contributed by atoms with Crippen molar-refractivity contribution in [2.75, 3.05) is 7.11 Å². The number of methoxy groups -OCH3 is 1. The van der Waals surface area contributed by atoms with E-state index >= 15 is 0 Å². The molecule has 15 heavy (non-hydrogen) atoms. The Morgan fingerprint density at radius 2 is 2.33 bits per heavy atom. The van der Waals surface area contributed by atoms with Crippen LogP contribution in [-0.2, 0) is 10.1 Å². The number of hydrogen-bond donors (Lipinski definition) is 1. The number of phenols is 1. The van der Waals surface area contributed by atoms with Crippen LogP contribution in [0.3, 0.4) is 0 Å². The Kier molecular flexibility index (Phi) is 3.69. The summed E-state index contributed by atoms with van der Waals surface area (Å²) in [6, 6.07) is 4.71. The van der Waals surface area contributed by atoms with E-state index in [1.807, 2.05) is 0 Å². The number of hydrogen-bond acceptors (Lipinski definition) is 4. The number of phenolic OH excluding ortho intramolecular Hbond substituents is 1. The van der Waals surface area contributed by atoms with Crippen molar-refractivity contribution in [1.82, 2.24) is 0 Å². The summed E-state index contributed by atoms with van der Waals surface area (Å²) < 4.78 is 4.52. The molecule has 0 atom stereocenters. The first-order valence-corrected chi connectivity index (χ1v) is 5.16. The first-order chi connectivity index (χ1) is 7.13. The van der Waals surface area contributed by atoms with Crippen molar-refractivity contribution in [3.05, 3.63) is 28.8 Å². The minimum absolute atomic E-state index is 0.0634. The number of rotatable bonds is 2. The van der Waals surface area contributed by atoms with E-state index in [1.54, 1.807) is 6.07 Å². The summed E-state index contributed by atoms with van der Waals surface area (Å²) in [5.74, 6) is -0.848. The number of benzene rings is 1. The fourth-order valence-corrected chi connectivity index (χ4v) is 1.47.